The molecule has 3 aliphatic rings. The van der Waals surface area contributed by atoms with Gasteiger partial charge in [-0.3, -0.25) is 0 Å². The van der Waals surface area contributed by atoms with Crippen LogP contribution in [0.3, 0.4) is 0 Å². The molecule has 0 aromatic carbocycles. The Hall–Kier alpha value is -0.0400. The van der Waals surface area contributed by atoms with Gasteiger partial charge in [-0.2, -0.15) is 0 Å². The number of aliphatic hydroxyl groups is 1. The monoisotopic (exact) mass is 152 g/mol. The Morgan fingerprint density at radius 1 is 0.909 bits per heavy atom. The standard InChI is InChI=1S/C10H16O/c11-10-5-6-4-9(10)8-3-1-2-7(6)8/h6-11H,1-5H2. The van der Waals surface area contributed by atoms with Crippen molar-refractivity contribution >= 4 is 0 Å². The molecule has 0 spiro atoms. The third-order valence-electron chi connectivity index (χ3n) is 4.39. The highest BCUT2D eigenvalue weighted by Gasteiger charge is 2.53. The molecular weight excluding hydrogens is 136 g/mol. The normalized spacial score (nSPS) is 60.3. The Labute approximate surface area is 67.8 Å². The Bertz CT molecular complexity index is 178. The molecule has 0 saturated heterocycles. The third-order valence-corrected chi connectivity index (χ3v) is 4.39. The summed E-state index contributed by atoms with van der Waals surface area (Å²) in [5.41, 5.74) is 0. The molecule has 0 radical (unpaired) electrons. The van der Waals surface area contributed by atoms with E-state index in [1.54, 1.807) is 0 Å². The number of fused-ring (bicyclic) bond motifs is 5. The minimum Gasteiger partial charge on any atom is -0.393 e. The SMILES string of the molecule is OC1CC2CC1C1CCCC21. The highest BCUT2D eigenvalue weighted by atomic mass is 16.3. The smallest absolute Gasteiger partial charge is 0.0574 e. The molecule has 3 fully saturated rings. The fourth-order valence-electron chi connectivity index (χ4n) is 4.03. The highest BCUT2D eigenvalue weighted by molar-refractivity contribution is 5.02. The minimum absolute atomic E-state index is 0.0827. The summed E-state index contributed by atoms with van der Waals surface area (Å²) < 4.78 is 0. The second kappa shape index (κ2) is 2.01. The Kier molecular flexibility index (Phi) is 1.18. The lowest BCUT2D eigenvalue weighted by atomic mass is 9.80. The van der Waals surface area contributed by atoms with Crippen molar-refractivity contribution in [3.05, 3.63) is 0 Å². The largest absolute Gasteiger partial charge is 0.393 e. The van der Waals surface area contributed by atoms with Crippen molar-refractivity contribution in [3.8, 4) is 0 Å². The van der Waals surface area contributed by atoms with Gasteiger partial charge in [0.15, 0.2) is 0 Å². The van der Waals surface area contributed by atoms with Crippen LogP contribution in [-0.4, -0.2) is 11.2 Å². The average Bonchev–Trinajstić information content (AvgIpc) is 2.52. The maximum atomic E-state index is 9.67. The van der Waals surface area contributed by atoms with E-state index in [-0.39, 0.29) is 6.10 Å². The van der Waals surface area contributed by atoms with Gasteiger partial charge in [-0.15, -0.1) is 0 Å². The van der Waals surface area contributed by atoms with Gasteiger partial charge in [-0.05, 0) is 49.4 Å². The predicted octanol–water partition coefficient (Wildman–Crippen LogP) is 1.80. The molecule has 5 unspecified atom stereocenters. The molecule has 1 heteroatoms. The molecule has 3 saturated carbocycles. The zero-order valence-electron chi connectivity index (χ0n) is 6.87. The van der Waals surface area contributed by atoms with Crippen molar-refractivity contribution in [2.75, 3.05) is 0 Å². The summed E-state index contributed by atoms with van der Waals surface area (Å²) in [4.78, 5) is 0. The molecule has 11 heavy (non-hydrogen) atoms. The topological polar surface area (TPSA) is 20.2 Å². The second-order valence-electron chi connectivity index (χ2n) is 4.72. The number of aliphatic hydroxyl groups excluding tert-OH is 1. The Balaban J connectivity index is 1.90. The fourth-order valence-corrected chi connectivity index (χ4v) is 4.03. The molecule has 62 valence electrons. The summed E-state index contributed by atoms with van der Waals surface area (Å²) in [6.07, 6.45) is 6.90. The summed E-state index contributed by atoms with van der Waals surface area (Å²) in [5.74, 6) is 3.60. The molecule has 3 aliphatic carbocycles. The van der Waals surface area contributed by atoms with Crippen molar-refractivity contribution in [1.82, 2.24) is 0 Å². The Morgan fingerprint density at radius 3 is 2.64 bits per heavy atom. The number of rotatable bonds is 0. The Morgan fingerprint density at radius 2 is 1.73 bits per heavy atom. The third kappa shape index (κ3) is 0.703. The number of hydrogen-bond donors (Lipinski definition) is 1. The first-order valence-electron chi connectivity index (χ1n) is 5.04. The molecule has 0 aromatic heterocycles. The van der Waals surface area contributed by atoms with Crippen LogP contribution in [0, 0.1) is 23.7 Å². The van der Waals surface area contributed by atoms with Crippen molar-refractivity contribution in [2.24, 2.45) is 23.7 Å². The predicted molar refractivity (Wildman–Crippen MR) is 43.1 cm³/mol. The van der Waals surface area contributed by atoms with Gasteiger partial charge in [0, 0.05) is 0 Å². The first kappa shape index (κ1) is 6.47. The summed E-state index contributed by atoms with van der Waals surface area (Å²) in [5, 5.41) is 9.67. The van der Waals surface area contributed by atoms with Crippen LogP contribution in [-0.2, 0) is 0 Å². The fraction of sp³-hybridized carbons (Fsp3) is 1.00. The van der Waals surface area contributed by atoms with E-state index in [0.29, 0.717) is 5.92 Å². The zero-order valence-corrected chi connectivity index (χ0v) is 6.87. The quantitative estimate of drug-likeness (QED) is 0.561. The van der Waals surface area contributed by atoms with E-state index in [1.165, 1.54) is 25.7 Å². The minimum atomic E-state index is 0.0827. The van der Waals surface area contributed by atoms with Gasteiger partial charge in [0.1, 0.15) is 0 Å². The lowest BCUT2D eigenvalue weighted by molar-refractivity contribution is 0.0642. The van der Waals surface area contributed by atoms with E-state index in [9.17, 15) is 5.11 Å². The number of hydrogen-bond acceptors (Lipinski definition) is 1. The molecule has 1 nitrogen and oxygen atoms in total. The van der Waals surface area contributed by atoms with Gasteiger partial charge in [-0.1, -0.05) is 6.42 Å². The van der Waals surface area contributed by atoms with Gasteiger partial charge < -0.3 is 5.11 Å². The molecule has 2 bridgehead atoms. The van der Waals surface area contributed by atoms with E-state index in [1.807, 2.05) is 0 Å². The molecule has 5 atom stereocenters. The average molecular weight is 152 g/mol. The van der Waals surface area contributed by atoms with Crippen LogP contribution in [0.1, 0.15) is 32.1 Å². The lowest BCUT2D eigenvalue weighted by Crippen LogP contribution is -2.27. The van der Waals surface area contributed by atoms with Crippen molar-refractivity contribution in [3.63, 3.8) is 0 Å². The van der Waals surface area contributed by atoms with Crippen LogP contribution < -0.4 is 0 Å². The van der Waals surface area contributed by atoms with Crippen molar-refractivity contribution in [1.29, 1.82) is 0 Å². The zero-order chi connectivity index (χ0) is 7.42. The van der Waals surface area contributed by atoms with Crippen LogP contribution >= 0.6 is 0 Å². The summed E-state index contributed by atoms with van der Waals surface area (Å²) in [6, 6.07) is 0. The van der Waals surface area contributed by atoms with Crippen molar-refractivity contribution < 1.29 is 5.11 Å². The summed E-state index contributed by atoms with van der Waals surface area (Å²) >= 11 is 0. The van der Waals surface area contributed by atoms with Crippen LogP contribution in [0.4, 0.5) is 0 Å². The highest BCUT2D eigenvalue weighted by Crippen LogP contribution is 2.58. The van der Waals surface area contributed by atoms with Gasteiger partial charge in [0.05, 0.1) is 6.10 Å². The van der Waals surface area contributed by atoms with Crippen molar-refractivity contribution in [2.45, 2.75) is 38.2 Å². The summed E-state index contributed by atoms with van der Waals surface area (Å²) in [7, 11) is 0. The van der Waals surface area contributed by atoms with Gasteiger partial charge >= 0.3 is 0 Å². The molecule has 0 aliphatic heterocycles. The first-order chi connectivity index (χ1) is 5.36. The molecule has 0 aromatic rings. The van der Waals surface area contributed by atoms with Crippen LogP contribution in [0.2, 0.25) is 0 Å². The maximum absolute atomic E-state index is 9.67. The summed E-state index contributed by atoms with van der Waals surface area (Å²) in [6.45, 7) is 0. The van der Waals surface area contributed by atoms with Crippen LogP contribution in [0.5, 0.6) is 0 Å². The first-order valence-corrected chi connectivity index (χ1v) is 5.04. The van der Waals surface area contributed by atoms with Crippen LogP contribution in [0.15, 0.2) is 0 Å². The molecule has 1 N–H and O–H groups in total. The van der Waals surface area contributed by atoms with Gasteiger partial charge in [0.2, 0.25) is 0 Å². The van der Waals surface area contributed by atoms with Crippen LogP contribution in [0.25, 0.3) is 0 Å². The molecular formula is C10H16O. The van der Waals surface area contributed by atoms with E-state index < -0.39 is 0 Å². The molecule has 3 rings (SSSR count). The van der Waals surface area contributed by atoms with E-state index in [4.69, 9.17) is 0 Å². The van der Waals surface area contributed by atoms with Gasteiger partial charge in [0.25, 0.3) is 0 Å². The van der Waals surface area contributed by atoms with E-state index >= 15 is 0 Å². The lowest BCUT2D eigenvalue weighted by Gasteiger charge is -2.28. The van der Waals surface area contributed by atoms with Gasteiger partial charge in [-0.25, -0.2) is 0 Å². The van der Waals surface area contributed by atoms with E-state index in [0.717, 1.165) is 24.2 Å². The second-order valence-corrected chi connectivity index (χ2v) is 4.72. The maximum Gasteiger partial charge on any atom is 0.0574 e. The van der Waals surface area contributed by atoms with E-state index in [2.05, 4.69) is 0 Å². The molecule has 0 amide bonds. The molecule has 0 heterocycles.